The first kappa shape index (κ1) is 19.4. The number of nitrogens with zero attached hydrogens (tertiary/aromatic N) is 1. The second-order valence-corrected chi connectivity index (χ2v) is 8.33. The normalized spacial score (nSPS) is 14.3. The molecule has 0 bridgehead atoms. The highest BCUT2D eigenvalue weighted by atomic mass is 32.2. The van der Waals surface area contributed by atoms with Gasteiger partial charge in [-0.15, -0.1) is 0 Å². The molecule has 1 fully saturated rings. The third-order valence-corrected chi connectivity index (χ3v) is 6.02. The lowest BCUT2D eigenvalue weighted by molar-refractivity contribution is 0.102. The summed E-state index contributed by atoms with van der Waals surface area (Å²) >= 11 is 0. The summed E-state index contributed by atoms with van der Waals surface area (Å²) in [5.74, 6) is -0.332. The van der Waals surface area contributed by atoms with Crippen molar-refractivity contribution >= 4 is 27.3 Å². The molecule has 0 aromatic heterocycles. The van der Waals surface area contributed by atoms with Crippen molar-refractivity contribution in [2.45, 2.75) is 31.1 Å². The van der Waals surface area contributed by atoms with Gasteiger partial charge in [-0.25, -0.2) is 13.1 Å². The molecule has 2 aromatic carbocycles. The van der Waals surface area contributed by atoms with E-state index >= 15 is 0 Å². The molecule has 0 unspecified atom stereocenters. The predicted octanol–water partition coefficient (Wildman–Crippen LogP) is 3.23. The Kier molecular flexibility index (Phi) is 6.13. The molecule has 1 aliphatic rings. The van der Waals surface area contributed by atoms with Crippen LogP contribution in [0.3, 0.4) is 0 Å². The van der Waals surface area contributed by atoms with Gasteiger partial charge in [0.15, 0.2) is 0 Å². The molecule has 1 amide bonds. The summed E-state index contributed by atoms with van der Waals surface area (Å²) in [6.45, 7) is 3.92. The van der Waals surface area contributed by atoms with Crippen LogP contribution >= 0.6 is 0 Å². The van der Waals surface area contributed by atoms with Crippen LogP contribution in [0.4, 0.5) is 11.4 Å². The Bertz CT molecular complexity index is 892. The number of benzene rings is 2. The van der Waals surface area contributed by atoms with Gasteiger partial charge in [-0.3, -0.25) is 4.79 Å². The number of hydrogen-bond donors (Lipinski definition) is 2. The van der Waals surface area contributed by atoms with Gasteiger partial charge in [-0.2, -0.15) is 0 Å². The molecule has 1 saturated heterocycles. The van der Waals surface area contributed by atoms with E-state index in [1.54, 1.807) is 24.3 Å². The summed E-state index contributed by atoms with van der Waals surface area (Å²) in [4.78, 5) is 14.8. The zero-order chi connectivity index (χ0) is 19.3. The molecule has 144 valence electrons. The Morgan fingerprint density at radius 2 is 1.78 bits per heavy atom. The maximum absolute atomic E-state index is 12.8. The van der Waals surface area contributed by atoms with Crippen LogP contribution in [0.15, 0.2) is 53.4 Å². The van der Waals surface area contributed by atoms with E-state index in [4.69, 9.17) is 0 Å². The van der Waals surface area contributed by atoms with Crippen molar-refractivity contribution in [3.8, 4) is 0 Å². The third-order valence-electron chi connectivity index (χ3n) is 4.53. The standard InChI is InChI=1S/C20H25N3O3S/c1-2-12-21-27(25,26)19-15-16(10-11-18(19)23-13-6-7-14-23)20(24)22-17-8-4-3-5-9-17/h3-5,8-11,15,21H,2,6-7,12-14H2,1H3,(H,22,24). The Morgan fingerprint density at radius 3 is 2.44 bits per heavy atom. The number of sulfonamides is 1. The largest absolute Gasteiger partial charge is 0.370 e. The van der Waals surface area contributed by atoms with E-state index in [0.29, 0.717) is 29.9 Å². The SMILES string of the molecule is CCCNS(=O)(=O)c1cc(C(=O)Nc2ccccc2)ccc1N1CCCC1. The van der Waals surface area contributed by atoms with Gasteiger partial charge < -0.3 is 10.2 Å². The Morgan fingerprint density at radius 1 is 1.07 bits per heavy atom. The minimum Gasteiger partial charge on any atom is -0.370 e. The molecule has 3 rings (SSSR count). The highest BCUT2D eigenvalue weighted by Crippen LogP contribution is 2.29. The average molecular weight is 388 g/mol. The number of nitrogens with one attached hydrogen (secondary N) is 2. The number of amides is 1. The quantitative estimate of drug-likeness (QED) is 0.765. The van der Waals surface area contributed by atoms with Gasteiger partial charge >= 0.3 is 0 Å². The fourth-order valence-electron chi connectivity index (χ4n) is 3.13. The molecular formula is C20H25N3O3S. The lowest BCUT2D eigenvalue weighted by Gasteiger charge is -2.22. The summed E-state index contributed by atoms with van der Waals surface area (Å²) in [6, 6.07) is 14.0. The van der Waals surface area contributed by atoms with Crippen LogP contribution in [0.5, 0.6) is 0 Å². The first-order valence-electron chi connectivity index (χ1n) is 9.26. The summed E-state index contributed by atoms with van der Waals surface area (Å²) in [6.07, 6.45) is 2.78. The van der Waals surface area contributed by atoms with Gasteiger partial charge in [0, 0.05) is 30.9 Å². The van der Waals surface area contributed by atoms with E-state index in [1.807, 2.05) is 25.1 Å². The zero-order valence-electron chi connectivity index (χ0n) is 15.4. The van der Waals surface area contributed by atoms with Crippen molar-refractivity contribution in [3.05, 3.63) is 54.1 Å². The number of rotatable bonds is 7. The van der Waals surface area contributed by atoms with E-state index in [-0.39, 0.29) is 10.8 Å². The summed E-state index contributed by atoms with van der Waals surface area (Å²) in [7, 11) is -3.69. The number of hydrogen-bond acceptors (Lipinski definition) is 4. The van der Waals surface area contributed by atoms with Gasteiger partial charge in [0.25, 0.3) is 5.91 Å². The van der Waals surface area contributed by atoms with Crippen LogP contribution in [0, 0.1) is 0 Å². The van der Waals surface area contributed by atoms with Gasteiger partial charge in [-0.05, 0) is 49.6 Å². The van der Waals surface area contributed by atoms with Gasteiger partial charge in [-0.1, -0.05) is 25.1 Å². The monoisotopic (exact) mass is 387 g/mol. The lowest BCUT2D eigenvalue weighted by atomic mass is 10.1. The number of carbonyl (C=O) groups is 1. The Hall–Kier alpha value is -2.38. The highest BCUT2D eigenvalue weighted by molar-refractivity contribution is 7.89. The second kappa shape index (κ2) is 8.54. The summed E-state index contributed by atoms with van der Waals surface area (Å²) in [5, 5.41) is 2.80. The molecule has 0 saturated carbocycles. The van der Waals surface area contributed by atoms with Gasteiger partial charge in [0.05, 0.1) is 5.69 Å². The second-order valence-electron chi connectivity index (χ2n) is 6.59. The highest BCUT2D eigenvalue weighted by Gasteiger charge is 2.25. The smallest absolute Gasteiger partial charge is 0.255 e. The van der Waals surface area contributed by atoms with E-state index in [1.165, 1.54) is 6.07 Å². The minimum absolute atomic E-state index is 0.165. The van der Waals surface area contributed by atoms with Crippen molar-refractivity contribution in [3.63, 3.8) is 0 Å². The van der Waals surface area contributed by atoms with Crippen molar-refractivity contribution in [2.24, 2.45) is 0 Å². The zero-order valence-corrected chi connectivity index (χ0v) is 16.3. The molecular weight excluding hydrogens is 362 g/mol. The van der Waals surface area contributed by atoms with Crippen LogP contribution in [-0.4, -0.2) is 34.0 Å². The van der Waals surface area contributed by atoms with E-state index < -0.39 is 10.0 Å². The maximum atomic E-state index is 12.8. The van der Waals surface area contributed by atoms with Crippen LogP contribution in [0.2, 0.25) is 0 Å². The molecule has 1 aliphatic heterocycles. The van der Waals surface area contributed by atoms with Crippen LogP contribution in [0.25, 0.3) is 0 Å². The topological polar surface area (TPSA) is 78.5 Å². The molecule has 2 aromatic rings. The lowest BCUT2D eigenvalue weighted by Crippen LogP contribution is -2.28. The van der Waals surface area contributed by atoms with Crippen molar-refractivity contribution in [2.75, 3.05) is 29.9 Å². The molecule has 27 heavy (non-hydrogen) atoms. The molecule has 7 heteroatoms. The summed E-state index contributed by atoms with van der Waals surface area (Å²) < 4.78 is 28.3. The van der Waals surface area contributed by atoms with Gasteiger partial charge in [0.2, 0.25) is 10.0 Å². The van der Waals surface area contributed by atoms with Crippen LogP contribution < -0.4 is 14.9 Å². The molecule has 6 nitrogen and oxygen atoms in total. The Labute approximate surface area is 160 Å². The van der Waals surface area contributed by atoms with E-state index in [2.05, 4.69) is 14.9 Å². The van der Waals surface area contributed by atoms with E-state index in [0.717, 1.165) is 25.9 Å². The van der Waals surface area contributed by atoms with Crippen LogP contribution in [-0.2, 0) is 10.0 Å². The fourth-order valence-corrected chi connectivity index (χ4v) is 4.51. The number of anilines is 2. The van der Waals surface area contributed by atoms with Crippen LogP contribution in [0.1, 0.15) is 36.5 Å². The molecule has 0 atom stereocenters. The van der Waals surface area contributed by atoms with Crippen molar-refractivity contribution in [1.29, 1.82) is 0 Å². The fraction of sp³-hybridized carbons (Fsp3) is 0.350. The first-order valence-corrected chi connectivity index (χ1v) is 10.7. The maximum Gasteiger partial charge on any atom is 0.255 e. The average Bonchev–Trinajstić information content (AvgIpc) is 3.21. The van der Waals surface area contributed by atoms with Crippen molar-refractivity contribution < 1.29 is 13.2 Å². The number of carbonyl (C=O) groups excluding carboxylic acids is 1. The summed E-state index contributed by atoms with van der Waals surface area (Å²) in [5.41, 5.74) is 1.64. The number of para-hydroxylation sites is 1. The predicted molar refractivity (Wildman–Crippen MR) is 108 cm³/mol. The first-order chi connectivity index (χ1) is 13.0. The molecule has 1 heterocycles. The molecule has 0 spiro atoms. The third kappa shape index (κ3) is 4.67. The Balaban J connectivity index is 1.94. The van der Waals surface area contributed by atoms with Crippen molar-refractivity contribution in [1.82, 2.24) is 4.72 Å². The molecule has 2 N–H and O–H groups in total. The molecule has 0 aliphatic carbocycles. The minimum atomic E-state index is -3.69. The van der Waals surface area contributed by atoms with Gasteiger partial charge in [0.1, 0.15) is 4.90 Å². The van der Waals surface area contributed by atoms with E-state index in [9.17, 15) is 13.2 Å². The molecule has 0 radical (unpaired) electrons.